The van der Waals surface area contributed by atoms with Gasteiger partial charge in [0.25, 0.3) is 5.91 Å². The number of benzene rings is 1. The Bertz CT molecular complexity index is 399. The molecule has 1 aromatic rings. The lowest BCUT2D eigenvalue weighted by atomic mass is 10.2. The summed E-state index contributed by atoms with van der Waals surface area (Å²) in [5.41, 5.74) is 0.726. The third-order valence-electron chi connectivity index (χ3n) is 2.37. The van der Waals surface area contributed by atoms with Crippen molar-refractivity contribution in [3.05, 3.63) is 36.9 Å². The minimum absolute atomic E-state index is 0.141. The minimum Gasteiger partial charge on any atom is -0.497 e. The van der Waals surface area contributed by atoms with E-state index in [0.717, 1.165) is 11.4 Å². The lowest BCUT2D eigenvalue weighted by molar-refractivity contribution is -0.117. The van der Waals surface area contributed by atoms with E-state index in [1.54, 1.807) is 37.5 Å². The molecule has 2 rings (SSSR count). The van der Waals surface area contributed by atoms with Crippen molar-refractivity contribution in [1.29, 1.82) is 0 Å². The maximum absolute atomic E-state index is 11.6. The number of methoxy groups -OCH3 is 1. The molecule has 16 heavy (non-hydrogen) atoms. The van der Waals surface area contributed by atoms with Gasteiger partial charge in [0.05, 0.1) is 7.11 Å². The summed E-state index contributed by atoms with van der Waals surface area (Å²) in [5.74, 6) is 0.611. The van der Waals surface area contributed by atoms with Crippen molar-refractivity contribution >= 4 is 11.6 Å². The van der Waals surface area contributed by atoms with Crippen molar-refractivity contribution in [3.8, 4) is 5.75 Å². The van der Waals surface area contributed by atoms with E-state index >= 15 is 0 Å². The molecule has 84 valence electrons. The zero-order valence-corrected chi connectivity index (χ0v) is 8.97. The molecule has 0 saturated carbocycles. The number of nitrogens with one attached hydrogen (secondary N) is 1. The molecule has 4 nitrogen and oxygen atoms in total. The first-order valence-electron chi connectivity index (χ1n) is 4.97. The second-order valence-corrected chi connectivity index (χ2v) is 3.47. The average Bonchev–Trinajstić information content (AvgIpc) is 3.09. The zero-order chi connectivity index (χ0) is 11.5. The second kappa shape index (κ2) is 4.37. The molecular formula is C12H13NO3. The van der Waals surface area contributed by atoms with Gasteiger partial charge in [-0.3, -0.25) is 4.79 Å². The molecule has 1 amide bonds. The van der Waals surface area contributed by atoms with Gasteiger partial charge in [-0.15, -0.1) is 6.58 Å². The van der Waals surface area contributed by atoms with Crippen LogP contribution < -0.4 is 10.1 Å². The Labute approximate surface area is 93.9 Å². The van der Waals surface area contributed by atoms with Gasteiger partial charge in [-0.05, 0) is 24.3 Å². The van der Waals surface area contributed by atoms with Gasteiger partial charge in [-0.2, -0.15) is 0 Å². The molecule has 1 fully saturated rings. The number of carbonyl (C=O) groups is 1. The Morgan fingerprint density at radius 2 is 2.19 bits per heavy atom. The van der Waals surface area contributed by atoms with Crippen LogP contribution in [-0.2, 0) is 9.53 Å². The lowest BCUT2D eigenvalue weighted by Gasteiger charge is -2.04. The summed E-state index contributed by atoms with van der Waals surface area (Å²) in [6.45, 7) is 3.56. The highest BCUT2D eigenvalue weighted by atomic mass is 16.6. The van der Waals surface area contributed by atoms with Crippen LogP contribution in [0.5, 0.6) is 5.75 Å². The van der Waals surface area contributed by atoms with Crippen LogP contribution in [0, 0.1) is 0 Å². The smallest absolute Gasteiger partial charge is 0.256 e. The van der Waals surface area contributed by atoms with Crippen molar-refractivity contribution in [2.75, 3.05) is 12.4 Å². The van der Waals surface area contributed by atoms with E-state index in [-0.39, 0.29) is 18.1 Å². The summed E-state index contributed by atoms with van der Waals surface area (Å²) in [6, 6.07) is 7.13. The summed E-state index contributed by atoms with van der Waals surface area (Å²) in [5, 5.41) is 2.75. The van der Waals surface area contributed by atoms with E-state index in [1.165, 1.54) is 0 Å². The number of hydrogen-bond donors (Lipinski definition) is 1. The molecule has 0 bridgehead atoms. The van der Waals surface area contributed by atoms with E-state index in [9.17, 15) is 4.79 Å². The van der Waals surface area contributed by atoms with Crippen LogP contribution in [0.4, 0.5) is 5.69 Å². The van der Waals surface area contributed by atoms with Gasteiger partial charge in [-0.25, -0.2) is 0 Å². The normalized spacial score (nSPS) is 22.3. The van der Waals surface area contributed by atoms with Crippen LogP contribution in [0.15, 0.2) is 36.9 Å². The highest BCUT2D eigenvalue weighted by Crippen LogP contribution is 2.24. The summed E-state index contributed by atoms with van der Waals surface area (Å²) in [6.07, 6.45) is 1.09. The molecule has 1 aliphatic heterocycles. The lowest BCUT2D eigenvalue weighted by Crippen LogP contribution is -2.19. The molecule has 0 radical (unpaired) electrons. The first-order valence-corrected chi connectivity index (χ1v) is 4.97. The third-order valence-corrected chi connectivity index (χ3v) is 2.37. The van der Waals surface area contributed by atoms with Crippen LogP contribution in [0.1, 0.15) is 0 Å². The predicted octanol–water partition coefficient (Wildman–Crippen LogP) is 1.59. The van der Waals surface area contributed by atoms with Gasteiger partial charge in [0.1, 0.15) is 11.9 Å². The van der Waals surface area contributed by atoms with Crippen LogP contribution in [0.3, 0.4) is 0 Å². The Morgan fingerprint density at radius 1 is 1.50 bits per heavy atom. The number of amides is 1. The zero-order valence-electron chi connectivity index (χ0n) is 8.97. The molecule has 0 aliphatic carbocycles. The molecule has 0 aromatic heterocycles. The van der Waals surface area contributed by atoms with Crippen LogP contribution in [-0.4, -0.2) is 25.2 Å². The quantitative estimate of drug-likeness (QED) is 0.618. The van der Waals surface area contributed by atoms with E-state index in [0.29, 0.717) is 0 Å². The average molecular weight is 219 g/mol. The van der Waals surface area contributed by atoms with Crippen LogP contribution in [0.2, 0.25) is 0 Å². The minimum atomic E-state index is -0.389. The number of carbonyl (C=O) groups excluding carboxylic acids is 1. The van der Waals surface area contributed by atoms with Gasteiger partial charge >= 0.3 is 0 Å². The standard InChI is InChI=1S/C12H13NO3/c1-3-10-11(16-10)12(14)13-8-4-6-9(15-2)7-5-8/h3-7,10-11H,1H2,2H3,(H,13,14). The summed E-state index contributed by atoms with van der Waals surface area (Å²) in [4.78, 5) is 11.6. The molecule has 1 saturated heterocycles. The number of epoxide rings is 1. The highest BCUT2D eigenvalue weighted by Gasteiger charge is 2.42. The molecule has 4 heteroatoms. The third kappa shape index (κ3) is 2.23. The van der Waals surface area contributed by atoms with Gasteiger partial charge in [0.2, 0.25) is 0 Å². The summed E-state index contributed by atoms with van der Waals surface area (Å²) < 4.78 is 10.1. The number of hydrogen-bond acceptors (Lipinski definition) is 3. The first kappa shape index (κ1) is 10.7. The largest absolute Gasteiger partial charge is 0.497 e. The molecule has 2 unspecified atom stereocenters. The highest BCUT2D eigenvalue weighted by molar-refractivity contribution is 5.96. The van der Waals surface area contributed by atoms with Gasteiger partial charge in [-0.1, -0.05) is 6.08 Å². The maximum Gasteiger partial charge on any atom is 0.256 e. The SMILES string of the molecule is C=CC1OC1C(=O)Nc1ccc(OC)cc1. The van der Waals surface area contributed by atoms with Crippen LogP contribution in [0.25, 0.3) is 0 Å². The number of ether oxygens (including phenoxy) is 2. The fraction of sp³-hybridized carbons (Fsp3) is 0.250. The number of anilines is 1. The molecule has 1 aliphatic rings. The van der Waals surface area contributed by atoms with Gasteiger partial charge in [0.15, 0.2) is 6.10 Å². The Hall–Kier alpha value is -1.81. The van der Waals surface area contributed by atoms with Crippen molar-refractivity contribution in [2.24, 2.45) is 0 Å². The number of rotatable bonds is 4. The van der Waals surface area contributed by atoms with Crippen LogP contribution >= 0.6 is 0 Å². The van der Waals surface area contributed by atoms with E-state index in [2.05, 4.69) is 11.9 Å². The fourth-order valence-corrected chi connectivity index (χ4v) is 1.40. The van der Waals surface area contributed by atoms with E-state index in [1.807, 2.05) is 0 Å². The van der Waals surface area contributed by atoms with E-state index in [4.69, 9.17) is 9.47 Å². The Balaban J connectivity index is 1.93. The molecule has 2 atom stereocenters. The molecule has 1 heterocycles. The fourth-order valence-electron chi connectivity index (χ4n) is 1.40. The van der Waals surface area contributed by atoms with Crippen molar-refractivity contribution < 1.29 is 14.3 Å². The molecule has 1 N–H and O–H groups in total. The van der Waals surface area contributed by atoms with Crippen molar-refractivity contribution in [2.45, 2.75) is 12.2 Å². The van der Waals surface area contributed by atoms with Gasteiger partial charge in [0, 0.05) is 5.69 Å². The van der Waals surface area contributed by atoms with Crippen molar-refractivity contribution in [3.63, 3.8) is 0 Å². The Kier molecular flexibility index (Phi) is 2.92. The predicted molar refractivity (Wildman–Crippen MR) is 60.5 cm³/mol. The molecule has 0 spiro atoms. The van der Waals surface area contributed by atoms with Crippen molar-refractivity contribution in [1.82, 2.24) is 0 Å². The topological polar surface area (TPSA) is 50.9 Å². The van der Waals surface area contributed by atoms with E-state index < -0.39 is 0 Å². The van der Waals surface area contributed by atoms with Gasteiger partial charge < -0.3 is 14.8 Å². The monoisotopic (exact) mass is 219 g/mol. The second-order valence-electron chi connectivity index (χ2n) is 3.47. The summed E-state index contributed by atoms with van der Waals surface area (Å²) in [7, 11) is 1.60. The summed E-state index contributed by atoms with van der Waals surface area (Å²) >= 11 is 0. The molecular weight excluding hydrogens is 206 g/mol. The maximum atomic E-state index is 11.6. The Morgan fingerprint density at radius 3 is 2.69 bits per heavy atom. The molecule has 1 aromatic carbocycles. The first-order chi connectivity index (χ1) is 7.74.